The van der Waals surface area contributed by atoms with Crippen molar-refractivity contribution in [3.05, 3.63) is 29.8 Å². The lowest BCUT2D eigenvalue weighted by molar-refractivity contribution is -0.170. The monoisotopic (exact) mass is 332 g/mol. The van der Waals surface area contributed by atoms with Crippen molar-refractivity contribution >= 4 is 11.9 Å². The van der Waals surface area contributed by atoms with Crippen molar-refractivity contribution in [3.8, 4) is 5.75 Å². The van der Waals surface area contributed by atoms with Crippen LogP contribution >= 0.6 is 0 Å². The first-order chi connectivity index (χ1) is 10.7. The summed E-state index contributed by atoms with van der Waals surface area (Å²) in [6, 6.07) is 5.56. The normalized spacial score (nSPS) is 12.8. The zero-order chi connectivity index (χ0) is 17.6. The number of carbonyl (C=O) groups excluding carboxylic acids is 1. The van der Waals surface area contributed by atoms with Crippen molar-refractivity contribution in [2.45, 2.75) is 26.1 Å². The van der Waals surface area contributed by atoms with Gasteiger partial charge in [-0.15, -0.1) is 0 Å². The Hall–Kier alpha value is -2.22. The van der Waals surface area contributed by atoms with Gasteiger partial charge in [0.15, 0.2) is 6.61 Å². The van der Waals surface area contributed by atoms with Gasteiger partial charge in [-0.3, -0.25) is 0 Å². The van der Waals surface area contributed by atoms with Gasteiger partial charge in [-0.05, 0) is 24.3 Å². The lowest BCUT2D eigenvalue weighted by Gasteiger charge is -2.20. The fraction of sp³-hybridized carbons (Fsp3) is 0.467. The quantitative estimate of drug-likeness (QED) is 0.582. The van der Waals surface area contributed by atoms with Crippen LogP contribution in [0.2, 0.25) is 0 Å². The van der Waals surface area contributed by atoms with Crippen LogP contribution < -0.4 is 4.74 Å². The van der Waals surface area contributed by atoms with E-state index in [2.05, 4.69) is 4.74 Å². The molecule has 0 saturated carbocycles. The number of carboxylic acids is 1. The minimum atomic E-state index is -4.12. The zero-order valence-corrected chi connectivity index (χ0v) is 12.9. The Labute approximate surface area is 132 Å². The molecule has 0 bridgehead atoms. The summed E-state index contributed by atoms with van der Waals surface area (Å²) in [5.41, 5.74) is -0.00273. The minimum Gasteiger partial charge on any atom is -0.477 e. The molecule has 0 radical (unpaired) electrons. The van der Waals surface area contributed by atoms with E-state index in [0.29, 0.717) is 5.75 Å². The second-order valence-corrected chi connectivity index (χ2v) is 5.08. The molecule has 1 aromatic carbocycles. The standard InChI is InChI=1S/C15H18F2O6/c1-9(2)13(21-3)23-11-6-4-10(5-7-11)12(18)22-8-15(16,17)14(19)20/h4-7,9,13H,8H2,1-3H3,(H,19,20). The lowest BCUT2D eigenvalue weighted by Crippen LogP contribution is -2.34. The van der Waals surface area contributed by atoms with Gasteiger partial charge in [-0.25, -0.2) is 9.59 Å². The molecule has 0 spiro atoms. The van der Waals surface area contributed by atoms with Crippen molar-refractivity contribution < 1.29 is 37.7 Å². The highest BCUT2D eigenvalue weighted by Crippen LogP contribution is 2.19. The third kappa shape index (κ3) is 5.48. The van der Waals surface area contributed by atoms with Crippen LogP contribution in [-0.4, -0.2) is 43.0 Å². The maximum absolute atomic E-state index is 12.8. The molecule has 1 aromatic rings. The SMILES string of the molecule is COC(Oc1ccc(C(=O)OCC(F)(F)C(=O)O)cc1)C(C)C. The van der Waals surface area contributed by atoms with E-state index in [9.17, 15) is 18.4 Å². The van der Waals surface area contributed by atoms with Crippen LogP contribution in [-0.2, 0) is 14.3 Å². The van der Waals surface area contributed by atoms with Crippen molar-refractivity contribution in [3.63, 3.8) is 0 Å². The van der Waals surface area contributed by atoms with Crippen molar-refractivity contribution in [1.82, 2.24) is 0 Å². The van der Waals surface area contributed by atoms with E-state index in [-0.39, 0.29) is 11.5 Å². The number of carboxylic acid groups (broad SMARTS) is 1. The molecule has 23 heavy (non-hydrogen) atoms. The van der Waals surface area contributed by atoms with E-state index in [0.717, 1.165) is 0 Å². The predicted molar refractivity (Wildman–Crippen MR) is 75.6 cm³/mol. The molecule has 8 heteroatoms. The van der Waals surface area contributed by atoms with Crippen LogP contribution in [0.1, 0.15) is 24.2 Å². The number of ether oxygens (including phenoxy) is 3. The van der Waals surface area contributed by atoms with Crippen LogP contribution in [0.3, 0.4) is 0 Å². The number of hydrogen-bond acceptors (Lipinski definition) is 5. The Morgan fingerprint density at radius 2 is 1.78 bits per heavy atom. The van der Waals surface area contributed by atoms with Gasteiger partial charge in [0.1, 0.15) is 5.75 Å². The molecule has 0 aliphatic rings. The molecule has 128 valence electrons. The number of benzene rings is 1. The maximum Gasteiger partial charge on any atom is 0.378 e. The van der Waals surface area contributed by atoms with Crippen LogP contribution in [0.25, 0.3) is 0 Å². The summed E-state index contributed by atoms with van der Waals surface area (Å²) in [7, 11) is 1.50. The third-order valence-corrected chi connectivity index (χ3v) is 2.82. The second-order valence-electron chi connectivity index (χ2n) is 5.08. The van der Waals surface area contributed by atoms with E-state index in [1.165, 1.54) is 31.4 Å². The molecule has 0 aliphatic carbocycles. The fourth-order valence-corrected chi connectivity index (χ4v) is 1.56. The minimum absolute atomic E-state index is 0.00273. The average molecular weight is 332 g/mol. The Morgan fingerprint density at radius 1 is 1.22 bits per heavy atom. The second kappa shape index (κ2) is 7.87. The molecule has 1 unspecified atom stereocenters. The predicted octanol–water partition coefficient (Wildman–Crippen LogP) is 2.57. The van der Waals surface area contributed by atoms with Gasteiger partial charge in [0, 0.05) is 13.0 Å². The number of esters is 1. The lowest BCUT2D eigenvalue weighted by atomic mass is 10.2. The highest BCUT2D eigenvalue weighted by atomic mass is 19.3. The first kappa shape index (κ1) is 18.8. The molecular formula is C15H18F2O6. The number of carbonyl (C=O) groups is 2. The number of hydrogen-bond donors (Lipinski definition) is 1. The topological polar surface area (TPSA) is 82.1 Å². The van der Waals surface area contributed by atoms with Gasteiger partial charge < -0.3 is 19.3 Å². The number of alkyl halides is 2. The fourth-order valence-electron chi connectivity index (χ4n) is 1.56. The van der Waals surface area contributed by atoms with Crippen LogP contribution in [0.5, 0.6) is 5.75 Å². The van der Waals surface area contributed by atoms with Crippen molar-refractivity contribution in [2.75, 3.05) is 13.7 Å². The molecule has 0 saturated heterocycles. The van der Waals surface area contributed by atoms with Crippen molar-refractivity contribution in [1.29, 1.82) is 0 Å². The van der Waals surface area contributed by atoms with Gasteiger partial charge in [0.2, 0.25) is 6.29 Å². The summed E-state index contributed by atoms with van der Waals surface area (Å²) in [5.74, 6) is -7.00. The van der Waals surface area contributed by atoms with Crippen LogP contribution in [0.4, 0.5) is 8.78 Å². The number of methoxy groups -OCH3 is 1. The number of halogens is 2. The molecule has 0 aliphatic heterocycles. The Bertz CT molecular complexity index is 541. The highest BCUT2D eigenvalue weighted by Gasteiger charge is 2.40. The molecule has 0 aromatic heterocycles. The van der Waals surface area contributed by atoms with E-state index in [4.69, 9.17) is 14.6 Å². The first-order valence-corrected chi connectivity index (χ1v) is 6.75. The summed E-state index contributed by atoms with van der Waals surface area (Å²) in [4.78, 5) is 21.8. The molecule has 1 N–H and O–H groups in total. The van der Waals surface area contributed by atoms with Crippen LogP contribution in [0, 0.1) is 5.92 Å². The Balaban J connectivity index is 2.66. The molecule has 1 atom stereocenters. The van der Waals surface area contributed by atoms with E-state index in [1.54, 1.807) is 0 Å². The Morgan fingerprint density at radius 3 is 2.22 bits per heavy atom. The van der Waals surface area contributed by atoms with Crippen molar-refractivity contribution in [2.24, 2.45) is 5.92 Å². The Kier molecular flexibility index (Phi) is 6.44. The molecule has 6 nitrogen and oxygen atoms in total. The summed E-state index contributed by atoms with van der Waals surface area (Å²) < 4.78 is 40.6. The summed E-state index contributed by atoms with van der Waals surface area (Å²) >= 11 is 0. The van der Waals surface area contributed by atoms with Crippen LogP contribution in [0.15, 0.2) is 24.3 Å². The zero-order valence-electron chi connectivity index (χ0n) is 12.9. The largest absolute Gasteiger partial charge is 0.477 e. The molecule has 0 heterocycles. The number of aliphatic carboxylic acids is 1. The summed E-state index contributed by atoms with van der Waals surface area (Å²) in [6.45, 7) is 2.28. The van der Waals surface area contributed by atoms with E-state index >= 15 is 0 Å². The smallest absolute Gasteiger partial charge is 0.378 e. The van der Waals surface area contributed by atoms with Gasteiger partial charge in [0.05, 0.1) is 5.56 Å². The number of rotatable bonds is 8. The van der Waals surface area contributed by atoms with Gasteiger partial charge in [0.25, 0.3) is 0 Å². The highest BCUT2D eigenvalue weighted by molar-refractivity contribution is 5.89. The van der Waals surface area contributed by atoms with Gasteiger partial charge >= 0.3 is 17.9 Å². The summed E-state index contributed by atoms with van der Waals surface area (Å²) in [5, 5.41) is 8.24. The molecule has 0 amide bonds. The molecule has 1 rings (SSSR count). The van der Waals surface area contributed by atoms with Gasteiger partial charge in [-0.1, -0.05) is 13.8 Å². The van der Waals surface area contributed by atoms with Gasteiger partial charge in [-0.2, -0.15) is 8.78 Å². The summed E-state index contributed by atoms with van der Waals surface area (Å²) in [6.07, 6.45) is -0.470. The first-order valence-electron chi connectivity index (χ1n) is 6.75. The van der Waals surface area contributed by atoms with E-state index in [1.807, 2.05) is 13.8 Å². The molecule has 0 fully saturated rings. The maximum atomic E-state index is 12.8. The third-order valence-electron chi connectivity index (χ3n) is 2.82. The average Bonchev–Trinajstić information content (AvgIpc) is 2.50. The van der Waals surface area contributed by atoms with E-state index < -0.39 is 30.8 Å². The molecular weight excluding hydrogens is 314 g/mol.